The van der Waals surface area contributed by atoms with E-state index in [1.165, 1.54) is 7.11 Å². The quantitative estimate of drug-likeness (QED) is 0.768. The molecule has 0 saturated carbocycles. The van der Waals surface area contributed by atoms with Crippen LogP contribution in [0.2, 0.25) is 0 Å². The normalized spacial score (nSPS) is 23.1. The molecule has 2 rings (SSSR count). The molecule has 0 bridgehead atoms. The van der Waals surface area contributed by atoms with Gasteiger partial charge in [-0.05, 0) is 13.3 Å². The summed E-state index contributed by atoms with van der Waals surface area (Å²) in [5.74, 6) is 0.922. The number of nitrogens with zero attached hydrogens (tertiary/aromatic N) is 3. The fraction of sp³-hybridized carbons (Fsp3) is 0.545. The number of hydrogen-bond donors (Lipinski definition) is 2. The summed E-state index contributed by atoms with van der Waals surface area (Å²) >= 11 is 0. The lowest BCUT2D eigenvalue weighted by atomic mass is 9.89. The minimum Gasteiger partial charge on any atom is -0.481 e. The molecule has 2 heterocycles. The first-order valence-electron chi connectivity index (χ1n) is 5.68. The first-order chi connectivity index (χ1) is 8.44. The first kappa shape index (κ1) is 12.4. The molecule has 0 spiro atoms. The Kier molecular flexibility index (Phi) is 2.98. The lowest BCUT2D eigenvalue weighted by molar-refractivity contribution is -0.125. The minimum atomic E-state index is -0.521. The van der Waals surface area contributed by atoms with Gasteiger partial charge in [0.1, 0.15) is 5.82 Å². The number of carbonyl (C=O) groups excluding carboxylic acids is 1. The number of aromatic nitrogens is 2. The van der Waals surface area contributed by atoms with Crippen LogP contribution < -0.4 is 21.1 Å². The van der Waals surface area contributed by atoms with E-state index in [-0.39, 0.29) is 11.9 Å². The molecule has 1 aliphatic rings. The second-order valence-electron chi connectivity index (χ2n) is 4.72. The minimum absolute atomic E-state index is 0.150. The van der Waals surface area contributed by atoms with Crippen molar-refractivity contribution >= 4 is 17.7 Å². The number of nitrogen functional groups attached to an aromatic ring is 1. The number of hydrogen-bond acceptors (Lipinski definition) is 6. The van der Waals surface area contributed by atoms with Crippen LogP contribution in [0.25, 0.3) is 0 Å². The summed E-state index contributed by atoms with van der Waals surface area (Å²) in [5, 5.41) is 0. The lowest BCUT2D eigenvalue weighted by Gasteiger charge is -2.21. The lowest BCUT2D eigenvalue weighted by Crippen LogP contribution is -2.37. The number of anilines is 2. The highest BCUT2D eigenvalue weighted by atomic mass is 16.5. The Morgan fingerprint density at radius 3 is 2.83 bits per heavy atom. The van der Waals surface area contributed by atoms with Gasteiger partial charge in [-0.15, -0.1) is 0 Å². The number of amides is 1. The predicted octanol–water partition coefficient (Wildman–Crippen LogP) is -0.231. The highest BCUT2D eigenvalue weighted by Gasteiger charge is 2.39. The monoisotopic (exact) mass is 251 g/mol. The second-order valence-corrected chi connectivity index (χ2v) is 4.72. The molecule has 7 heteroatoms. The van der Waals surface area contributed by atoms with Gasteiger partial charge in [-0.2, -0.15) is 9.97 Å². The van der Waals surface area contributed by atoms with Crippen molar-refractivity contribution in [3.05, 3.63) is 6.07 Å². The fourth-order valence-electron chi connectivity index (χ4n) is 2.05. The van der Waals surface area contributed by atoms with Crippen LogP contribution in [0.4, 0.5) is 11.8 Å². The maximum absolute atomic E-state index is 11.4. The molecule has 1 atom stereocenters. The Bertz CT molecular complexity index is 479. The molecule has 7 nitrogen and oxygen atoms in total. The van der Waals surface area contributed by atoms with Crippen molar-refractivity contribution in [2.75, 3.05) is 30.8 Å². The molecular weight excluding hydrogens is 234 g/mol. The van der Waals surface area contributed by atoms with Gasteiger partial charge in [0.15, 0.2) is 0 Å². The SMILES string of the molecule is COc1cc(N2CCC(C)(C(N)=O)C2)nc(N)n1. The number of primary amides is 1. The van der Waals surface area contributed by atoms with Crippen molar-refractivity contribution in [2.45, 2.75) is 13.3 Å². The molecule has 1 amide bonds. The van der Waals surface area contributed by atoms with E-state index < -0.39 is 5.41 Å². The summed E-state index contributed by atoms with van der Waals surface area (Å²) in [6.45, 7) is 3.10. The van der Waals surface area contributed by atoms with E-state index in [1.54, 1.807) is 6.07 Å². The molecule has 4 N–H and O–H groups in total. The summed E-state index contributed by atoms with van der Waals surface area (Å²) in [4.78, 5) is 21.4. The zero-order valence-corrected chi connectivity index (χ0v) is 10.5. The van der Waals surface area contributed by atoms with Crippen molar-refractivity contribution in [3.63, 3.8) is 0 Å². The van der Waals surface area contributed by atoms with Crippen LogP contribution in [0.15, 0.2) is 6.07 Å². The van der Waals surface area contributed by atoms with Crippen molar-refractivity contribution in [2.24, 2.45) is 11.1 Å². The molecule has 1 aromatic rings. The summed E-state index contributed by atoms with van der Waals surface area (Å²) in [6, 6.07) is 1.70. The van der Waals surface area contributed by atoms with Gasteiger partial charge >= 0.3 is 0 Å². The van der Waals surface area contributed by atoms with Gasteiger partial charge in [-0.1, -0.05) is 0 Å². The third-order valence-electron chi connectivity index (χ3n) is 3.31. The van der Waals surface area contributed by atoms with E-state index in [0.717, 1.165) is 0 Å². The van der Waals surface area contributed by atoms with Crippen molar-refractivity contribution in [3.8, 4) is 5.88 Å². The van der Waals surface area contributed by atoms with Crippen LogP contribution in [0.1, 0.15) is 13.3 Å². The van der Waals surface area contributed by atoms with Crippen molar-refractivity contribution < 1.29 is 9.53 Å². The largest absolute Gasteiger partial charge is 0.481 e. The topological polar surface area (TPSA) is 107 Å². The van der Waals surface area contributed by atoms with Gasteiger partial charge in [0.2, 0.25) is 17.7 Å². The molecule has 0 aromatic carbocycles. The molecular formula is C11H17N5O2. The Balaban J connectivity index is 2.24. The molecule has 18 heavy (non-hydrogen) atoms. The number of carbonyl (C=O) groups is 1. The Morgan fingerprint density at radius 2 is 2.28 bits per heavy atom. The van der Waals surface area contributed by atoms with Crippen molar-refractivity contribution in [1.82, 2.24) is 9.97 Å². The summed E-state index contributed by atoms with van der Waals surface area (Å²) in [7, 11) is 1.52. The number of methoxy groups -OCH3 is 1. The number of ether oxygens (including phenoxy) is 1. The summed E-state index contributed by atoms with van der Waals surface area (Å²) in [6.07, 6.45) is 0.703. The number of rotatable bonds is 3. The summed E-state index contributed by atoms with van der Waals surface area (Å²) < 4.78 is 5.05. The van der Waals surface area contributed by atoms with E-state index in [0.29, 0.717) is 31.2 Å². The Hall–Kier alpha value is -2.05. The molecule has 0 radical (unpaired) electrons. The first-order valence-corrected chi connectivity index (χ1v) is 5.68. The molecule has 98 valence electrons. The van der Waals surface area contributed by atoms with Crippen LogP contribution in [0.5, 0.6) is 5.88 Å². The molecule has 1 unspecified atom stereocenters. The predicted molar refractivity (Wildman–Crippen MR) is 67.1 cm³/mol. The molecule has 1 aromatic heterocycles. The van der Waals surface area contributed by atoms with Crippen LogP contribution >= 0.6 is 0 Å². The highest BCUT2D eigenvalue weighted by molar-refractivity contribution is 5.82. The maximum atomic E-state index is 11.4. The standard InChI is InChI=1S/C11H17N5O2/c1-11(9(12)17)3-4-16(6-11)7-5-8(18-2)15-10(13)14-7/h5H,3-4,6H2,1-2H3,(H2,12,17)(H2,13,14,15). The highest BCUT2D eigenvalue weighted by Crippen LogP contribution is 2.33. The Morgan fingerprint density at radius 1 is 1.56 bits per heavy atom. The summed E-state index contributed by atoms with van der Waals surface area (Å²) in [5.41, 5.74) is 10.5. The van der Waals surface area contributed by atoms with Gasteiger partial charge in [0.25, 0.3) is 0 Å². The van der Waals surface area contributed by atoms with E-state index in [4.69, 9.17) is 16.2 Å². The third-order valence-corrected chi connectivity index (χ3v) is 3.31. The second kappa shape index (κ2) is 4.32. The van der Waals surface area contributed by atoms with Gasteiger partial charge in [-0.3, -0.25) is 4.79 Å². The average molecular weight is 251 g/mol. The van der Waals surface area contributed by atoms with E-state index in [1.807, 2.05) is 11.8 Å². The van der Waals surface area contributed by atoms with Gasteiger partial charge < -0.3 is 21.1 Å². The van der Waals surface area contributed by atoms with E-state index in [9.17, 15) is 4.79 Å². The van der Waals surface area contributed by atoms with E-state index in [2.05, 4.69) is 9.97 Å². The van der Waals surface area contributed by atoms with Crippen LogP contribution in [-0.2, 0) is 4.79 Å². The Labute approximate surface area is 105 Å². The van der Waals surface area contributed by atoms with Crippen LogP contribution in [-0.4, -0.2) is 36.1 Å². The number of nitrogens with two attached hydrogens (primary N) is 2. The molecule has 1 saturated heterocycles. The van der Waals surface area contributed by atoms with Gasteiger partial charge in [0.05, 0.1) is 12.5 Å². The van der Waals surface area contributed by atoms with Crippen molar-refractivity contribution in [1.29, 1.82) is 0 Å². The zero-order chi connectivity index (χ0) is 13.3. The molecule has 1 aliphatic heterocycles. The van der Waals surface area contributed by atoms with E-state index >= 15 is 0 Å². The maximum Gasteiger partial charge on any atom is 0.225 e. The van der Waals surface area contributed by atoms with Crippen LogP contribution in [0, 0.1) is 5.41 Å². The van der Waals surface area contributed by atoms with Gasteiger partial charge in [0, 0.05) is 19.2 Å². The average Bonchev–Trinajstić information content (AvgIpc) is 2.72. The molecule has 1 fully saturated rings. The molecule has 0 aliphatic carbocycles. The zero-order valence-electron chi connectivity index (χ0n) is 10.5. The fourth-order valence-corrected chi connectivity index (χ4v) is 2.05. The smallest absolute Gasteiger partial charge is 0.225 e. The van der Waals surface area contributed by atoms with Crippen LogP contribution in [0.3, 0.4) is 0 Å². The third kappa shape index (κ3) is 2.15. The van der Waals surface area contributed by atoms with Gasteiger partial charge in [-0.25, -0.2) is 0 Å².